The van der Waals surface area contributed by atoms with Crippen molar-refractivity contribution < 1.29 is 0 Å². The zero-order chi connectivity index (χ0) is 33.6. The first kappa shape index (κ1) is 29.6. The van der Waals surface area contributed by atoms with Gasteiger partial charge in [-0.3, -0.25) is 5.41 Å². The molecule has 1 atom stereocenters. The summed E-state index contributed by atoms with van der Waals surface area (Å²) in [7, 11) is 0. The lowest BCUT2D eigenvalue weighted by Crippen LogP contribution is -2.16. The maximum absolute atomic E-state index is 9.38. The van der Waals surface area contributed by atoms with Crippen LogP contribution in [0, 0.1) is 5.41 Å². The van der Waals surface area contributed by atoms with Crippen LogP contribution in [-0.4, -0.2) is 11.7 Å². The molecule has 3 heteroatoms. The number of allylic oxidation sites excluding steroid dienone is 6. The smallest absolute Gasteiger partial charge is 0.155 e. The molecule has 0 saturated carbocycles. The van der Waals surface area contributed by atoms with Gasteiger partial charge in [-0.25, -0.2) is 4.99 Å². The van der Waals surface area contributed by atoms with Gasteiger partial charge in [-0.05, 0) is 72.1 Å². The number of amidine groups is 2. The second kappa shape index (κ2) is 12.1. The highest BCUT2D eigenvalue weighted by atomic mass is 14.9. The molecule has 2 aliphatic carbocycles. The largest absolute Gasteiger partial charge is 0.383 e. The molecule has 0 amide bonds. The van der Waals surface area contributed by atoms with Crippen LogP contribution < -0.4 is 5.73 Å². The molecule has 7 aromatic carbocycles. The highest BCUT2D eigenvalue weighted by molar-refractivity contribution is 6.26. The molecule has 50 heavy (non-hydrogen) atoms. The average molecular weight is 640 g/mol. The number of benzene rings is 7. The molecule has 2 aliphatic rings. The fourth-order valence-corrected chi connectivity index (χ4v) is 7.62. The first-order valence-electron chi connectivity index (χ1n) is 17.0. The normalized spacial score (nSPS) is 14.8. The second-order valence-corrected chi connectivity index (χ2v) is 12.9. The Morgan fingerprint density at radius 3 is 2.00 bits per heavy atom. The Morgan fingerprint density at radius 2 is 1.20 bits per heavy atom. The molecule has 0 saturated heterocycles. The number of nitrogens with zero attached hydrogens (tertiary/aromatic N) is 1. The van der Waals surface area contributed by atoms with Crippen LogP contribution in [0.15, 0.2) is 181 Å². The molecule has 0 radical (unpaired) electrons. The number of hydrogen-bond acceptors (Lipinski definition) is 1. The van der Waals surface area contributed by atoms with Gasteiger partial charge in [-0.1, -0.05) is 170 Å². The third-order valence-electron chi connectivity index (χ3n) is 9.98. The Labute approximate surface area is 291 Å². The second-order valence-electron chi connectivity index (χ2n) is 12.9. The Balaban J connectivity index is 1.19. The molecule has 1 unspecified atom stereocenters. The van der Waals surface area contributed by atoms with E-state index in [9.17, 15) is 5.41 Å². The SMILES string of the molecule is N=C(/N=C(\N)c1ccccc1)c1c(-c2ccc(-c3ccc4c(c3)-c3ccccc3C3C=CC=CC4=C3)cc2)c2ccccc2c2ccccc12. The summed E-state index contributed by atoms with van der Waals surface area (Å²) >= 11 is 0. The van der Waals surface area contributed by atoms with Crippen LogP contribution in [0.5, 0.6) is 0 Å². The van der Waals surface area contributed by atoms with Gasteiger partial charge in [-0.2, -0.15) is 0 Å². The van der Waals surface area contributed by atoms with Crippen molar-refractivity contribution in [3.63, 3.8) is 0 Å². The summed E-state index contributed by atoms with van der Waals surface area (Å²) in [6.07, 6.45) is 11.2. The van der Waals surface area contributed by atoms with E-state index in [0.29, 0.717) is 5.84 Å². The number of aliphatic imine (C=N–C) groups is 1. The minimum Gasteiger partial charge on any atom is -0.383 e. The summed E-state index contributed by atoms with van der Waals surface area (Å²) in [6.45, 7) is 0. The van der Waals surface area contributed by atoms with Crippen molar-refractivity contribution in [3.8, 4) is 33.4 Å². The summed E-state index contributed by atoms with van der Waals surface area (Å²) in [5.74, 6) is 0.695. The molecule has 7 aromatic rings. The van der Waals surface area contributed by atoms with Crippen LogP contribution >= 0.6 is 0 Å². The highest BCUT2D eigenvalue weighted by Gasteiger charge is 2.23. The molecule has 0 spiro atoms. The van der Waals surface area contributed by atoms with Crippen LogP contribution in [0.2, 0.25) is 0 Å². The molecule has 3 nitrogen and oxygen atoms in total. The van der Waals surface area contributed by atoms with Crippen LogP contribution in [0.25, 0.3) is 60.5 Å². The predicted molar refractivity (Wildman–Crippen MR) is 211 cm³/mol. The van der Waals surface area contributed by atoms with E-state index in [1.807, 2.05) is 36.4 Å². The van der Waals surface area contributed by atoms with E-state index in [-0.39, 0.29) is 11.8 Å². The number of fused-ring (bicyclic) bond motifs is 9. The van der Waals surface area contributed by atoms with Crippen LogP contribution in [0.4, 0.5) is 0 Å². The van der Waals surface area contributed by atoms with Crippen molar-refractivity contribution in [3.05, 3.63) is 198 Å². The Bertz CT molecular complexity index is 2600. The molecular formula is C47H33N3. The molecule has 236 valence electrons. The summed E-state index contributed by atoms with van der Waals surface area (Å²) in [5, 5.41) is 13.7. The van der Waals surface area contributed by atoms with Crippen LogP contribution in [-0.2, 0) is 0 Å². The zero-order valence-corrected chi connectivity index (χ0v) is 27.3. The Hall–Kier alpha value is -6.58. The fraction of sp³-hybridized carbons (Fsp3) is 0.0213. The molecule has 0 heterocycles. The van der Waals surface area contributed by atoms with Crippen LogP contribution in [0.1, 0.15) is 28.2 Å². The van der Waals surface area contributed by atoms with E-state index in [2.05, 4.69) is 145 Å². The van der Waals surface area contributed by atoms with Gasteiger partial charge >= 0.3 is 0 Å². The van der Waals surface area contributed by atoms with Crippen molar-refractivity contribution in [2.75, 3.05) is 0 Å². The molecule has 0 aliphatic heterocycles. The number of hydrogen-bond donors (Lipinski definition) is 2. The first-order valence-corrected chi connectivity index (χ1v) is 17.0. The molecule has 9 rings (SSSR count). The van der Waals surface area contributed by atoms with E-state index in [0.717, 1.165) is 54.9 Å². The number of rotatable bonds is 4. The molecule has 3 N–H and O–H groups in total. The molecule has 0 fully saturated rings. The third-order valence-corrected chi connectivity index (χ3v) is 9.98. The lowest BCUT2D eigenvalue weighted by atomic mass is 9.86. The van der Waals surface area contributed by atoms with E-state index in [1.165, 1.54) is 27.8 Å². The quantitative estimate of drug-likeness (QED) is 0.112. The summed E-state index contributed by atoms with van der Waals surface area (Å²) in [6, 6.07) is 50.8. The maximum Gasteiger partial charge on any atom is 0.155 e. The van der Waals surface area contributed by atoms with Crippen molar-refractivity contribution >= 4 is 38.8 Å². The number of nitrogens with one attached hydrogen (secondary N) is 1. The molecule has 0 aromatic heterocycles. The third kappa shape index (κ3) is 4.99. The van der Waals surface area contributed by atoms with Gasteiger partial charge < -0.3 is 5.73 Å². The van der Waals surface area contributed by atoms with E-state index >= 15 is 0 Å². The average Bonchev–Trinajstić information content (AvgIpc) is 3.50. The van der Waals surface area contributed by atoms with Crippen LogP contribution in [0.3, 0.4) is 0 Å². The van der Waals surface area contributed by atoms with Crippen molar-refractivity contribution in [2.24, 2.45) is 10.7 Å². The molecular weight excluding hydrogens is 607 g/mol. The highest BCUT2D eigenvalue weighted by Crippen LogP contribution is 2.44. The van der Waals surface area contributed by atoms with Gasteiger partial charge in [0.1, 0.15) is 5.84 Å². The molecule has 2 bridgehead atoms. The zero-order valence-electron chi connectivity index (χ0n) is 27.3. The Morgan fingerprint density at radius 1 is 0.560 bits per heavy atom. The standard InChI is InChI=1S/C47H33N3/c48-46(32-12-2-1-3-13-32)50-47(49)45-42-21-11-9-19-40(42)39-18-8-10-20-41(39)44(45)31-24-22-30(23-25-31)33-26-27-37-35-15-5-4-14-34(28-35)36-16-6-7-17-38(36)43(37)29-33/h1-29,34H,(H3,48,49,50). The van der Waals surface area contributed by atoms with Gasteiger partial charge in [0.2, 0.25) is 0 Å². The van der Waals surface area contributed by atoms with Gasteiger partial charge in [0.15, 0.2) is 5.84 Å². The van der Waals surface area contributed by atoms with Crippen molar-refractivity contribution in [1.29, 1.82) is 5.41 Å². The maximum atomic E-state index is 9.38. The fourth-order valence-electron chi connectivity index (χ4n) is 7.62. The summed E-state index contributed by atoms with van der Waals surface area (Å²) < 4.78 is 0. The first-order chi connectivity index (χ1) is 24.6. The summed E-state index contributed by atoms with van der Waals surface area (Å²) in [4.78, 5) is 4.69. The number of nitrogens with two attached hydrogens (primary N) is 1. The van der Waals surface area contributed by atoms with Gasteiger partial charge in [-0.15, -0.1) is 0 Å². The van der Waals surface area contributed by atoms with Crippen molar-refractivity contribution in [1.82, 2.24) is 0 Å². The van der Waals surface area contributed by atoms with Gasteiger partial charge in [0.25, 0.3) is 0 Å². The van der Waals surface area contributed by atoms with Gasteiger partial charge in [0, 0.05) is 22.6 Å². The lowest BCUT2D eigenvalue weighted by molar-refractivity contribution is 1.10. The minimum absolute atomic E-state index is 0.135. The van der Waals surface area contributed by atoms with E-state index < -0.39 is 0 Å². The summed E-state index contributed by atoms with van der Waals surface area (Å²) in [5.41, 5.74) is 18.7. The van der Waals surface area contributed by atoms with Gasteiger partial charge in [0.05, 0.1) is 0 Å². The lowest BCUT2D eigenvalue weighted by Gasteiger charge is -2.18. The Kier molecular flexibility index (Phi) is 7.18. The predicted octanol–water partition coefficient (Wildman–Crippen LogP) is 11.3. The van der Waals surface area contributed by atoms with E-state index in [1.54, 1.807) is 0 Å². The van der Waals surface area contributed by atoms with E-state index in [4.69, 9.17) is 5.73 Å². The monoisotopic (exact) mass is 639 g/mol. The van der Waals surface area contributed by atoms with Crippen molar-refractivity contribution in [2.45, 2.75) is 5.92 Å². The topological polar surface area (TPSA) is 62.2 Å². The minimum atomic E-state index is 0.135.